The molecule has 9 rings (SSSR count). The van der Waals surface area contributed by atoms with Gasteiger partial charge in [0.1, 0.15) is 0 Å². The number of anilines is 6. The summed E-state index contributed by atoms with van der Waals surface area (Å²) in [4.78, 5) is 4.66. The smallest absolute Gasteiger partial charge is 0.0715 e. The van der Waals surface area contributed by atoms with Gasteiger partial charge in [0.05, 0.1) is 5.41 Å². The summed E-state index contributed by atoms with van der Waals surface area (Å²) in [6.07, 6.45) is 0. The number of benzene rings is 8. The van der Waals surface area contributed by atoms with Crippen LogP contribution in [-0.4, -0.2) is 0 Å². The van der Waals surface area contributed by atoms with Crippen molar-refractivity contribution >= 4 is 57.3 Å². The Hall–Kier alpha value is -6.06. The molecule has 0 heterocycles. The van der Waals surface area contributed by atoms with Gasteiger partial charge in [0.25, 0.3) is 0 Å². The lowest BCUT2D eigenvalue weighted by Crippen LogP contribution is -2.29. The Bertz CT molecular complexity index is 2240. The van der Waals surface area contributed by atoms with Crippen LogP contribution in [0.1, 0.15) is 22.3 Å². The quantitative estimate of drug-likeness (QED) is 0.154. The molecule has 0 N–H and O–H groups in total. The maximum atomic E-state index is 6.61. The number of hydrogen-bond donors (Lipinski definition) is 0. The van der Waals surface area contributed by atoms with Crippen molar-refractivity contribution in [2.24, 2.45) is 0 Å². The second-order valence-corrected chi connectivity index (χ2v) is 14.1. The fourth-order valence-corrected chi connectivity index (χ4v) is 8.22. The molecule has 8 aromatic rings. The van der Waals surface area contributed by atoms with E-state index in [1.54, 1.807) is 0 Å². The number of halogens is 2. The summed E-state index contributed by atoms with van der Waals surface area (Å²) < 4.78 is 0. The van der Waals surface area contributed by atoms with E-state index in [0.717, 1.165) is 45.3 Å². The van der Waals surface area contributed by atoms with Crippen LogP contribution in [0.25, 0.3) is 11.1 Å². The topological polar surface area (TPSA) is 6.48 Å². The molecule has 0 saturated heterocycles. The summed E-state index contributed by atoms with van der Waals surface area (Å²) in [6, 6.07) is 72.8. The van der Waals surface area contributed by atoms with Crippen molar-refractivity contribution in [3.63, 3.8) is 0 Å². The summed E-state index contributed by atoms with van der Waals surface area (Å²) >= 11 is 13.2. The fourth-order valence-electron chi connectivity index (χ4n) is 7.97. The van der Waals surface area contributed by atoms with Gasteiger partial charge in [0, 0.05) is 44.2 Å². The fraction of sp³-hybridized carbons (Fsp3) is 0.0204. The van der Waals surface area contributed by atoms with Crippen LogP contribution in [0.15, 0.2) is 206 Å². The molecular formula is C49H34Cl2N2. The summed E-state index contributed by atoms with van der Waals surface area (Å²) in [6.45, 7) is 0. The molecule has 53 heavy (non-hydrogen) atoms. The van der Waals surface area contributed by atoms with E-state index < -0.39 is 5.41 Å². The molecule has 0 bridgehead atoms. The second kappa shape index (κ2) is 13.8. The number of para-hydroxylation sites is 4. The Balaban J connectivity index is 1.35. The van der Waals surface area contributed by atoms with Gasteiger partial charge in [0.2, 0.25) is 0 Å². The SMILES string of the molecule is Clc1ccc(C2(c3ccc(Cl)cc3)c3cc(N(c4ccccc4)c4ccccc4)ccc3-c3ccc(N(c4ccccc4)c4ccccc4)cc32)cc1. The van der Waals surface area contributed by atoms with Gasteiger partial charge in [-0.1, -0.05) is 132 Å². The van der Waals surface area contributed by atoms with E-state index in [4.69, 9.17) is 23.2 Å². The standard InChI is InChI=1S/C49H34Cl2N2/c50-37-25-21-35(22-26-37)49(36-23-27-38(51)28-24-36)47-33-43(52(39-13-5-1-6-14-39)40-15-7-2-8-16-40)29-31-45(47)46-32-30-44(34-48(46)49)53(41-17-9-3-10-18-41)42-19-11-4-12-20-42/h1-34H. The van der Waals surface area contributed by atoms with E-state index in [1.807, 2.05) is 24.3 Å². The van der Waals surface area contributed by atoms with Crippen molar-refractivity contribution in [3.05, 3.63) is 239 Å². The highest BCUT2D eigenvalue weighted by atomic mass is 35.5. The van der Waals surface area contributed by atoms with Crippen LogP contribution >= 0.6 is 23.2 Å². The van der Waals surface area contributed by atoms with Crippen LogP contribution in [0, 0.1) is 0 Å². The van der Waals surface area contributed by atoms with Crippen molar-refractivity contribution in [2.75, 3.05) is 9.80 Å². The van der Waals surface area contributed by atoms with Crippen LogP contribution in [0.3, 0.4) is 0 Å². The van der Waals surface area contributed by atoms with Gasteiger partial charge in [-0.25, -0.2) is 0 Å². The third-order valence-electron chi connectivity index (χ3n) is 10.2. The first kappa shape index (κ1) is 32.8. The van der Waals surface area contributed by atoms with E-state index in [9.17, 15) is 0 Å². The average molecular weight is 722 g/mol. The van der Waals surface area contributed by atoms with Crippen LogP contribution in [-0.2, 0) is 5.41 Å². The molecule has 1 aliphatic rings. The molecule has 0 aliphatic heterocycles. The van der Waals surface area contributed by atoms with Gasteiger partial charge in [-0.3, -0.25) is 0 Å². The minimum absolute atomic E-state index is 0.694. The number of rotatable bonds is 8. The van der Waals surface area contributed by atoms with Gasteiger partial charge in [-0.15, -0.1) is 0 Å². The summed E-state index contributed by atoms with van der Waals surface area (Å²) in [5.41, 5.74) is 12.8. The van der Waals surface area contributed by atoms with Crippen molar-refractivity contribution < 1.29 is 0 Å². The monoisotopic (exact) mass is 720 g/mol. The molecule has 8 aromatic carbocycles. The molecule has 0 saturated carbocycles. The van der Waals surface area contributed by atoms with Gasteiger partial charge in [0.15, 0.2) is 0 Å². The molecule has 2 nitrogen and oxygen atoms in total. The van der Waals surface area contributed by atoms with Crippen LogP contribution in [0.5, 0.6) is 0 Å². The number of hydrogen-bond acceptors (Lipinski definition) is 2. The molecule has 0 atom stereocenters. The van der Waals surface area contributed by atoms with Gasteiger partial charge >= 0.3 is 0 Å². The van der Waals surface area contributed by atoms with E-state index >= 15 is 0 Å². The van der Waals surface area contributed by atoms with Gasteiger partial charge < -0.3 is 9.80 Å². The third-order valence-corrected chi connectivity index (χ3v) is 10.7. The predicted molar refractivity (Wildman–Crippen MR) is 223 cm³/mol. The summed E-state index contributed by atoms with van der Waals surface area (Å²) in [7, 11) is 0. The van der Waals surface area contributed by atoms with Crippen molar-refractivity contribution in [2.45, 2.75) is 5.41 Å². The number of fused-ring (bicyclic) bond motifs is 3. The Labute approximate surface area is 320 Å². The van der Waals surface area contributed by atoms with Crippen LogP contribution < -0.4 is 9.80 Å². The molecule has 0 amide bonds. The zero-order valence-electron chi connectivity index (χ0n) is 28.8. The van der Waals surface area contributed by atoms with Crippen molar-refractivity contribution in [1.82, 2.24) is 0 Å². The number of nitrogens with zero attached hydrogens (tertiary/aromatic N) is 2. The molecular weight excluding hydrogens is 687 g/mol. The zero-order chi connectivity index (χ0) is 35.8. The lowest BCUT2D eigenvalue weighted by molar-refractivity contribution is 0.768. The van der Waals surface area contributed by atoms with Crippen molar-refractivity contribution in [1.29, 1.82) is 0 Å². The molecule has 4 heteroatoms. The lowest BCUT2D eigenvalue weighted by Gasteiger charge is -2.35. The average Bonchev–Trinajstić information content (AvgIpc) is 3.50. The first-order valence-corrected chi connectivity index (χ1v) is 18.5. The lowest BCUT2D eigenvalue weighted by atomic mass is 9.67. The molecule has 0 aromatic heterocycles. The molecule has 1 aliphatic carbocycles. The molecule has 0 unspecified atom stereocenters. The minimum Gasteiger partial charge on any atom is -0.310 e. The minimum atomic E-state index is -0.704. The maximum Gasteiger partial charge on any atom is 0.0715 e. The predicted octanol–water partition coefficient (Wildman–Crippen LogP) is 14.3. The Morgan fingerprint density at radius 2 is 0.604 bits per heavy atom. The highest BCUT2D eigenvalue weighted by Crippen LogP contribution is 2.58. The maximum absolute atomic E-state index is 6.61. The molecule has 254 valence electrons. The van der Waals surface area contributed by atoms with E-state index in [2.05, 4.69) is 192 Å². The van der Waals surface area contributed by atoms with Crippen LogP contribution in [0.2, 0.25) is 10.0 Å². The Morgan fingerprint density at radius 1 is 0.302 bits per heavy atom. The van der Waals surface area contributed by atoms with Crippen LogP contribution in [0.4, 0.5) is 34.1 Å². The highest BCUT2D eigenvalue weighted by Gasteiger charge is 2.47. The van der Waals surface area contributed by atoms with E-state index in [-0.39, 0.29) is 0 Å². The van der Waals surface area contributed by atoms with E-state index in [1.165, 1.54) is 22.3 Å². The zero-order valence-corrected chi connectivity index (χ0v) is 30.3. The highest BCUT2D eigenvalue weighted by molar-refractivity contribution is 6.30. The van der Waals surface area contributed by atoms with Gasteiger partial charge in [-0.2, -0.15) is 0 Å². The third kappa shape index (κ3) is 5.77. The second-order valence-electron chi connectivity index (χ2n) is 13.2. The first-order chi connectivity index (χ1) is 26.1. The largest absolute Gasteiger partial charge is 0.310 e. The van der Waals surface area contributed by atoms with E-state index in [0.29, 0.717) is 10.0 Å². The molecule has 0 fully saturated rings. The normalized spacial score (nSPS) is 12.5. The van der Waals surface area contributed by atoms with Crippen molar-refractivity contribution in [3.8, 4) is 11.1 Å². The molecule has 0 radical (unpaired) electrons. The Kier molecular flexibility index (Phi) is 8.56. The summed E-state index contributed by atoms with van der Waals surface area (Å²) in [5, 5.41) is 1.39. The van der Waals surface area contributed by atoms with Gasteiger partial charge in [-0.05, 0) is 130 Å². The molecule has 0 spiro atoms. The summed E-state index contributed by atoms with van der Waals surface area (Å²) in [5.74, 6) is 0. The first-order valence-electron chi connectivity index (χ1n) is 17.7. The Morgan fingerprint density at radius 3 is 0.906 bits per heavy atom.